The molecule has 142 valence electrons. The number of likely N-dealkylation sites (tertiary alicyclic amines) is 1. The van der Waals surface area contributed by atoms with Crippen LogP contribution in [0.15, 0.2) is 18.2 Å². The summed E-state index contributed by atoms with van der Waals surface area (Å²) in [5.74, 6) is -1.25. The maximum Gasteiger partial charge on any atom is 0.249 e. The molecule has 2 fully saturated rings. The van der Waals surface area contributed by atoms with E-state index in [-0.39, 0.29) is 36.0 Å². The monoisotopic (exact) mass is 383 g/mol. The molecule has 8 heteroatoms. The van der Waals surface area contributed by atoms with Crippen molar-refractivity contribution in [1.29, 1.82) is 0 Å². The Kier molecular flexibility index (Phi) is 6.11. The zero-order chi connectivity index (χ0) is 18.7. The highest BCUT2D eigenvalue weighted by atomic mass is 35.5. The molecule has 1 aliphatic heterocycles. The lowest BCUT2D eigenvalue weighted by Gasteiger charge is -2.33. The Morgan fingerprint density at radius 1 is 1.27 bits per heavy atom. The molecule has 0 unspecified atom stereocenters. The fourth-order valence-electron chi connectivity index (χ4n) is 3.14. The van der Waals surface area contributed by atoms with Crippen molar-refractivity contribution in [2.75, 3.05) is 25.0 Å². The number of nitrogens with one attached hydrogen (secondary N) is 2. The van der Waals surface area contributed by atoms with Crippen LogP contribution >= 0.6 is 11.6 Å². The number of rotatable bonds is 6. The summed E-state index contributed by atoms with van der Waals surface area (Å²) in [4.78, 5) is 26.0. The highest BCUT2D eigenvalue weighted by molar-refractivity contribution is 6.30. The van der Waals surface area contributed by atoms with Crippen molar-refractivity contribution >= 4 is 29.1 Å². The lowest BCUT2D eigenvalue weighted by molar-refractivity contribution is -0.133. The van der Waals surface area contributed by atoms with Gasteiger partial charge in [0.25, 0.3) is 0 Å². The van der Waals surface area contributed by atoms with Crippen molar-refractivity contribution in [3.63, 3.8) is 0 Å². The SMILES string of the molecule is O=C(CN1CCC([C@@H](O)C(=O)NC2CC2)CC1)Nc1cc(Cl)ccc1F. The molecule has 26 heavy (non-hydrogen) atoms. The first-order valence-corrected chi connectivity index (χ1v) is 9.26. The van der Waals surface area contributed by atoms with Crippen LogP contribution in [-0.2, 0) is 9.59 Å². The molecule has 0 radical (unpaired) electrons. The molecule has 1 atom stereocenters. The number of hydrogen-bond donors (Lipinski definition) is 3. The average molecular weight is 384 g/mol. The van der Waals surface area contributed by atoms with Crippen molar-refractivity contribution in [3.8, 4) is 0 Å². The van der Waals surface area contributed by atoms with E-state index in [1.165, 1.54) is 18.2 Å². The van der Waals surface area contributed by atoms with Gasteiger partial charge in [-0.05, 0) is 62.9 Å². The fourth-order valence-corrected chi connectivity index (χ4v) is 3.31. The van der Waals surface area contributed by atoms with Crippen LogP contribution in [0.25, 0.3) is 0 Å². The summed E-state index contributed by atoms with van der Waals surface area (Å²) < 4.78 is 13.7. The molecule has 0 bridgehead atoms. The average Bonchev–Trinajstić information content (AvgIpc) is 3.42. The molecule has 1 heterocycles. The number of carbonyl (C=O) groups is 2. The largest absolute Gasteiger partial charge is 0.383 e. The van der Waals surface area contributed by atoms with E-state index in [1.807, 2.05) is 4.90 Å². The van der Waals surface area contributed by atoms with Crippen molar-refractivity contribution in [1.82, 2.24) is 10.2 Å². The first-order chi connectivity index (χ1) is 12.4. The van der Waals surface area contributed by atoms with Crippen LogP contribution in [-0.4, -0.2) is 53.6 Å². The molecule has 1 saturated carbocycles. The van der Waals surface area contributed by atoms with Crippen LogP contribution in [0.2, 0.25) is 5.02 Å². The zero-order valence-electron chi connectivity index (χ0n) is 14.4. The van der Waals surface area contributed by atoms with E-state index in [2.05, 4.69) is 10.6 Å². The lowest BCUT2D eigenvalue weighted by atomic mass is 9.90. The summed E-state index contributed by atoms with van der Waals surface area (Å²) >= 11 is 5.81. The zero-order valence-corrected chi connectivity index (χ0v) is 15.1. The molecular formula is C18H23ClFN3O3. The second-order valence-electron chi connectivity index (χ2n) is 7.01. The summed E-state index contributed by atoms with van der Waals surface area (Å²) in [6.45, 7) is 1.33. The third-order valence-electron chi connectivity index (χ3n) is 4.84. The van der Waals surface area contributed by atoms with E-state index in [4.69, 9.17) is 11.6 Å². The molecule has 2 aliphatic rings. The van der Waals surface area contributed by atoms with Crippen LogP contribution in [0.5, 0.6) is 0 Å². The van der Waals surface area contributed by atoms with Gasteiger partial charge in [-0.1, -0.05) is 11.6 Å². The van der Waals surface area contributed by atoms with Gasteiger partial charge in [0.1, 0.15) is 11.9 Å². The minimum Gasteiger partial charge on any atom is -0.383 e. The molecule has 3 N–H and O–H groups in total. The van der Waals surface area contributed by atoms with Gasteiger partial charge in [-0.25, -0.2) is 4.39 Å². The Bertz CT molecular complexity index is 676. The number of aliphatic hydroxyl groups is 1. The molecule has 1 aromatic rings. The maximum atomic E-state index is 13.7. The fraction of sp³-hybridized carbons (Fsp3) is 0.556. The van der Waals surface area contributed by atoms with Gasteiger partial charge < -0.3 is 15.7 Å². The number of aliphatic hydroxyl groups excluding tert-OH is 1. The molecule has 3 rings (SSSR count). The minimum atomic E-state index is -0.993. The minimum absolute atomic E-state index is 0.0598. The summed E-state index contributed by atoms with van der Waals surface area (Å²) in [6, 6.07) is 4.22. The normalized spacial score (nSPS) is 19.8. The number of nitrogens with zero attached hydrogens (tertiary/aromatic N) is 1. The van der Waals surface area contributed by atoms with E-state index < -0.39 is 11.9 Å². The van der Waals surface area contributed by atoms with Crippen LogP contribution in [0.3, 0.4) is 0 Å². The van der Waals surface area contributed by atoms with Gasteiger partial charge in [-0.15, -0.1) is 0 Å². The van der Waals surface area contributed by atoms with Crippen LogP contribution in [0, 0.1) is 11.7 Å². The number of piperidine rings is 1. The second kappa shape index (κ2) is 8.33. The maximum absolute atomic E-state index is 13.7. The van der Waals surface area contributed by atoms with Gasteiger partial charge >= 0.3 is 0 Å². The van der Waals surface area contributed by atoms with Crippen molar-refractivity contribution in [3.05, 3.63) is 29.0 Å². The van der Waals surface area contributed by atoms with Crippen molar-refractivity contribution < 1.29 is 19.1 Å². The number of amides is 2. The molecule has 0 aromatic heterocycles. The van der Waals surface area contributed by atoms with Gasteiger partial charge in [-0.3, -0.25) is 14.5 Å². The predicted molar refractivity (Wildman–Crippen MR) is 96.4 cm³/mol. The number of halogens is 2. The standard InChI is InChI=1S/C18H23ClFN3O3/c19-12-1-4-14(20)15(9-12)22-16(24)10-23-7-5-11(6-8-23)17(25)18(26)21-13-2-3-13/h1,4,9,11,13,17,25H,2-3,5-8,10H2,(H,21,26)(H,22,24)/t17-/m1/s1. The molecule has 6 nitrogen and oxygen atoms in total. The number of hydrogen-bond acceptors (Lipinski definition) is 4. The van der Waals surface area contributed by atoms with Crippen LogP contribution in [0.4, 0.5) is 10.1 Å². The van der Waals surface area contributed by atoms with Gasteiger partial charge in [0.15, 0.2) is 0 Å². The third-order valence-corrected chi connectivity index (χ3v) is 5.08. The molecule has 2 amide bonds. The van der Waals surface area contributed by atoms with Gasteiger partial charge in [0, 0.05) is 11.1 Å². The van der Waals surface area contributed by atoms with Crippen molar-refractivity contribution in [2.45, 2.75) is 37.8 Å². The Labute approximate surface area is 156 Å². The highest BCUT2D eigenvalue weighted by Crippen LogP contribution is 2.24. The van der Waals surface area contributed by atoms with Crippen LogP contribution < -0.4 is 10.6 Å². The second-order valence-corrected chi connectivity index (χ2v) is 7.45. The molecular weight excluding hydrogens is 361 g/mol. The Balaban J connectivity index is 1.43. The smallest absolute Gasteiger partial charge is 0.249 e. The topological polar surface area (TPSA) is 81.7 Å². The summed E-state index contributed by atoms with van der Waals surface area (Å²) in [5, 5.41) is 15.9. The summed E-state index contributed by atoms with van der Waals surface area (Å²) in [6.07, 6.45) is 2.25. The number of benzene rings is 1. The first-order valence-electron chi connectivity index (χ1n) is 8.88. The molecule has 1 aromatic carbocycles. The van der Waals surface area contributed by atoms with Gasteiger partial charge in [0.2, 0.25) is 11.8 Å². The highest BCUT2D eigenvalue weighted by Gasteiger charge is 2.33. The van der Waals surface area contributed by atoms with E-state index >= 15 is 0 Å². The van der Waals surface area contributed by atoms with E-state index in [0.29, 0.717) is 31.0 Å². The Morgan fingerprint density at radius 3 is 2.62 bits per heavy atom. The van der Waals surface area contributed by atoms with E-state index in [1.54, 1.807) is 0 Å². The quantitative estimate of drug-likeness (QED) is 0.699. The first kappa shape index (κ1) is 19.1. The number of carbonyl (C=O) groups excluding carboxylic acids is 2. The summed E-state index contributed by atoms with van der Waals surface area (Å²) in [7, 11) is 0. The third kappa shape index (κ3) is 5.16. The Hall–Kier alpha value is -1.70. The van der Waals surface area contributed by atoms with Crippen molar-refractivity contribution in [2.24, 2.45) is 5.92 Å². The lowest BCUT2D eigenvalue weighted by Crippen LogP contribution is -2.46. The molecule has 1 saturated heterocycles. The molecule has 1 aliphatic carbocycles. The van der Waals surface area contributed by atoms with Crippen LogP contribution in [0.1, 0.15) is 25.7 Å². The predicted octanol–water partition coefficient (Wildman–Crippen LogP) is 1.77. The summed E-state index contributed by atoms with van der Waals surface area (Å²) in [5.41, 5.74) is 0.0598. The molecule has 0 spiro atoms. The Morgan fingerprint density at radius 2 is 1.96 bits per heavy atom. The van der Waals surface area contributed by atoms with Gasteiger partial charge in [-0.2, -0.15) is 0 Å². The number of anilines is 1. The van der Waals surface area contributed by atoms with E-state index in [9.17, 15) is 19.1 Å². The van der Waals surface area contributed by atoms with Gasteiger partial charge in [0.05, 0.1) is 12.2 Å². The van der Waals surface area contributed by atoms with E-state index in [0.717, 1.165) is 12.8 Å².